The Labute approximate surface area is 172 Å². The van der Waals surface area contributed by atoms with E-state index in [2.05, 4.69) is 64.1 Å². The van der Waals surface area contributed by atoms with Gasteiger partial charge in [0.2, 0.25) is 0 Å². The standard InChI is InChI=1S/C18H27N5S.HI/c1-6-14-7-9-15(10-8-14)13(2)21-17(19-3)20-11-16-12-24-18(22-16)23(4)5;/h7-10,12-13H,6,11H2,1-5H3,(H2,19,20,21);1H. The number of anilines is 1. The van der Waals surface area contributed by atoms with Crippen LogP contribution in [0.25, 0.3) is 0 Å². The number of thiazole rings is 1. The molecule has 0 radical (unpaired) electrons. The van der Waals surface area contributed by atoms with Crippen molar-refractivity contribution < 1.29 is 0 Å². The molecule has 2 rings (SSSR count). The molecule has 5 nitrogen and oxygen atoms in total. The first-order valence-corrected chi connectivity index (χ1v) is 9.09. The second-order valence-electron chi connectivity index (χ2n) is 5.90. The maximum Gasteiger partial charge on any atom is 0.191 e. The third-order valence-corrected chi connectivity index (χ3v) is 4.88. The van der Waals surface area contributed by atoms with Crippen LogP contribution in [0.5, 0.6) is 0 Å². The Morgan fingerprint density at radius 2 is 1.96 bits per heavy atom. The number of hydrogen-bond acceptors (Lipinski definition) is 4. The van der Waals surface area contributed by atoms with Crippen molar-refractivity contribution in [2.75, 3.05) is 26.0 Å². The highest BCUT2D eigenvalue weighted by Crippen LogP contribution is 2.18. The van der Waals surface area contributed by atoms with Gasteiger partial charge in [-0.15, -0.1) is 35.3 Å². The molecule has 2 N–H and O–H groups in total. The summed E-state index contributed by atoms with van der Waals surface area (Å²) in [6, 6.07) is 8.90. The topological polar surface area (TPSA) is 52.6 Å². The largest absolute Gasteiger partial charge is 0.354 e. The second-order valence-corrected chi connectivity index (χ2v) is 6.74. The Hall–Kier alpha value is -1.35. The summed E-state index contributed by atoms with van der Waals surface area (Å²) < 4.78 is 0. The fourth-order valence-electron chi connectivity index (χ4n) is 2.28. The monoisotopic (exact) mass is 473 g/mol. The van der Waals surface area contributed by atoms with Crippen LogP contribution in [0.15, 0.2) is 34.6 Å². The van der Waals surface area contributed by atoms with E-state index in [4.69, 9.17) is 0 Å². The van der Waals surface area contributed by atoms with Gasteiger partial charge in [-0.3, -0.25) is 4.99 Å². The van der Waals surface area contributed by atoms with E-state index in [0.29, 0.717) is 6.54 Å². The van der Waals surface area contributed by atoms with Gasteiger partial charge in [0.05, 0.1) is 18.3 Å². The van der Waals surface area contributed by atoms with Gasteiger partial charge in [-0.25, -0.2) is 4.98 Å². The predicted molar refractivity (Wildman–Crippen MR) is 119 cm³/mol. The summed E-state index contributed by atoms with van der Waals surface area (Å²) >= 11 is 1.65. The summed E-state index contributed by atoms with van der Waals surface area (Å²) in [4.78, 5) is 10.9. The van der Waals surface area contributed by atoms with Gasteiger partial charge in [0.25, 0.3) is 0 Å². The number of halogens is 1. The third-order valence-electron chi connectivity index (χ3n) is 3.82. The third kappa shape index (κ3) is 6.47. The van der Waals surface area contributed by atoms with Crippen LogP contribution in [0, 0.1) is 0 Å². The number of rotatable bonds is 6. The van der Waals surface area contributed by atoms with Crippen LogP contribution in [0.4, 0.5) is 5.13 Å². The number of aromatic nitrogens is 1. The van der Waals surface area contributed by atoms with E-state index in [1.165, 1.54) is 11.1 Å². The zero-order valence-corrected chi connectivity index (χ0v) is 18.7. The first kappa shape index (κ1) is 21.7. The van der Waals surface area contributed by atoms with Crippen molar-refractivity contribution in [1.82, 2.24) is 15.6 Å². The van der Waals surface area contributed by atoms with Gasteiger partial charge in [-0.1, -0.05) is 31.2 Å². The lowest BCUT2D eigenvalue weighted by Crippen LogP contribution is -2.38. The average Bonchev–Trinajstić information content (AvgIpc) is 3.07. The molecule has 0 saturated carbocycles. The number of guanidine groups is 1. The molecule has 0 saturated heterocycles. The van der Waals surface area contributed by atoms with Crippen LogP contribution in [0.1, 0.15) is 36.7 Å². The van der Waals surface area contributed by atoms with Crippen molar-refractivity contribution in [3.63, 3.8) is 0 Å². The maximum atomic E-state index is 4.57. The normalized spacial score (nSPS) is 12.3. The molecule has 1 aromatic carbocycles. The van der Waals surface area contributed by atoms with Gasteiger partial charge in [0, 0.05) is 26.5 Å². The molecule has 0 aliphatic rings. The quantitative estimate of drug-likeness (QED) is 0.381. The van der Waals surface area contributed by atoms with Crippen LogP contribution in [-0.2, 0) is 13.0 Å². The first-order valence-electron chi connectivity index (χ1n) is 8.21. The first-order chi connectivity index (χ1) is 11.5. The Balaban J connectivity index is 0.00000312. The minimum Gasteiger partial charge on any atom is -0.354 e. The van der Waals surface area contributed by atoms with Gasteiger partial charge in [0.1, 0.15) is 0 Å². The zero-order valence-electron chi connectivity index (χ0n) is 15.5. The summed E-state index contributed by atoms with van der Waals surface area (Å²) in [7, 11) is 5.79. The van der Waals surface area contributed by atoms with E-state index in [1.54, 1.807) is 18.4 Å². The van der Waals surface area contributed by atoms with Crippen molar-refractivity contribution in [3.8, 4) is 0 Å². The van der Waals surface area contributed by atoms with Gasteiger partial charge in [-0.05, 0) is 24.5 Å². The van der Waals surface area contributed by atoms with E-state index in [0.717, 1.165) is 23.2 Å². The lowest BCUT2D eigenvalue weighted by molar-refractivity contribution is 0.683. The SMILES string of the molecule is CCc1ccc(C(C)NC(=NC)NCc2csc(N(C)C)n2)cc1.I. The fourth-order valence-corrected chi connectivity index (χ4v) is 3.04. The molecule has 25 heavy (non-hydrogen) atoms. The van der Waals surface area contributed by atoms with E-state index in [1.807, 2.05) is 19.0 Å². The van der Waals surface area contributed by atoms with Crippen LogP contribution >= 0.6 is 35.3 Å². The lowest BCUT2D eigenvalue weighted by atomic mass is 10.1. The molecule has 0 bridgehead atoms. The fraction of sp³-hybridized carbons (Fsp3) is 0.444. The van der Waals surface area contributed by atoms with Crippen molar-refractivity contribution in [1.29, 1.82) is 0 Å². The summed E-state index contributed by atoms with van der Waals surface area (Å²) in [6.07, 6.45) is 1.06. The Morgan fingerprint density at radius 3 is 2.48 bits per heavy atom. The smallest absolute Gasteiger partial charge is 0.191 e. The van der Waals surface area contributed by atoms with Crippen molar-refractivity contribution in [2.45, 2.75) is 32.9 Å². The molecule has 1 heterocycles. The van der Waals surface area contributed by atoms with Crippen molar-refractivity contribution in [2.24, 2.45) is 4.99 Å². The molecule has 1 atom stereocenters. The highest BCUT2D eigenvalue weighted by molar-refractivity contribution is 14.0. The molecule has 0 fully saturated rings. The van der Waals surface area contributed by atoms with E-state index in [-0.39, 0.29) is 30.0 Å². The minimum atomic E-state index is 0. The Bertz CT molecular complexity index is 666. The second kappa shape index (κ2) is 10.6. The lowest BCUT2D eigenvalue weighted by Gasteiger charge is -2.18. The molecule has 0 spiro atoms. The summed E-state index contributed by atoms with van der Waals surface area (Å²) in [5.74, 6) is 0.779. The number of aryl methyl sites for hydroxylation is 1. The van der Waals surface area contributed by atoms with Gasteiger partial charge in [-0.2, -0.15) is 0 Å². The number of hydrogen-bond donors (Lipinski definition) is 2. The highest BCUT2D eigenvalue weighted by atomic mass is 127. The average molecular weight is 473 g/mol. The molecule has 1 aromatic heterocycles. The van der Waals surface area contributed by atoms with Crippen LogP contribution in [-0.4, -0.2) is 32.1 Å². The molecule has 2 aromatic rings. The molecular formula is C18H28IN5S. The number of benzene rings is 1. The van der Waals surface area contributed by atoms with Gasteiger partial charge < -0.3 is 15.5 Å². The Kier molecular flexibility index (Phi) is 9.20. The van der Waals surface area contributed by atoms with E-state index >= 15 is 0 Å². The van der Waals surface area contributed by atoms with Crippen LogP contribution in [0.2, 0.25) is 0 Å². The molecule has 0 aliphatic heterocycles. The Morgan fingerprint density at radius 1 is 1.28 bits per heavy atom. The highest BCUT2D eigenvalue weighted by Gasteiger charge is 2.09. The molecule has 0 amide bonds. The number of nitrogens with zero attached hydrogens (tertiary/aromatic N) is 3. The van der Waals surface area contributed by atoms with Crippen LogP contribution < -0.4 is 15.5 Å². The summed E-state index contributed by atoms with van der Waals surface area (Å²) in [5.41, 5.74) is 3.62. The minimum absolute atomic E-state index is 0. The zero-order chi connectivity index (χ0) is 17.5. The summed E-state index contributed by atoms with van der Waals surface area (Å²) in [5, 5.41) is 9.84. The molecule has 7 heteroatoms. The molecule has 138 valence electrons. The van der Waals surface area contributed by atoms with Gasteiger partial charge >= 0.3 is 0 Å². The molecule has 0 aliphatic carbocycles. The number of aliphatic imine (C=N–C) groups is 1. The predicted octanol–water partition coefficient (Wildman–Crippen LogP) is 3.82. The molecule has 1 unspecified atom stereocenters. The van der Waals surface area contributed by atoms with Gasteiger partial charge in [0.15, 0.2) is 11.1 Å². The number of nitrogens with one attached hydrogen (secondary N) is 2. The van der Waals surface area contributed by atoms with E-state index in [9.17, 15) is 0 Å². The summed E-state index contributed by atoms with van der Waals surface area (Å²) in [6.45, 7) is 4.97. The van der Waals surface area contributed by atoms with Crippen molar-refractivity contribution >= 4 is 46.4 Å². The van der Waals surface area contributed by atoms with Crippen LogP contribution in [0.3, 0.4) is 0 Å². The maximum absolute atomic E-state index is 4.57. The van der Waals surface area contributed by atoms with E-state index < -0.39 is 0 Å². The van der Waals surface area contributed by atoms with Crippen molar-refractivity contribution in [3.05, 3.63) is 46.5 Å². The molecular weight excluding hydrogens is 445 g/mol.